The highest BCUT2D eigenvalue weighted by molar-refractivity contribution is 7.15. The molecule has 0 aliphatic rings. The molecule has 0 spiro atoms. The van der Waals surface area contributed by atoms with Gasteiger partial charge in [0.1, 0.15) is 5.15 Å². The van der Waals surface area contributed by atoms with Crippen molar-refractivity contribution < 1.29 is 0 Å². The fourth-order valence-electron chi connectivity index (χ4n) is 1.97. The van der Waals surface area contributed by atoms with Crippen LogP contribution in [0.2, 0.25) is 5.15 Å². The number of nitrogens with zero attached hydrogens (tertiary/aromatic N) is 2. The van der Waals surface area contributed by atoms with E-state index in [1.165, 1.54) is 4.88 Å². The maximum Gasteiger partial charge on any atom is 0.171 e. The van der Waals surface area contributed by atoms with Crippen molar-refractivity contribution in [3.63, 3.8) is 0 Å². The van der Waals surface area contributed by atoms with Crippen LogP contribution in [0, 0.1) is 0 Å². The van der Waals surface area contributed by atoms with E-state index in [1.54, 1.807) is 17.4 Å². The van der Waals surface area contributed by atoms with Crippen LogP contribution < -0.4 is 0 Å². The average molecular weight is 301 g/mol. The van der Waals surface area contributed by atoms with Crippen LogP contribution in [0.25, 0.3) is 22.0 Å². The molecule has 0 aliphatic heterocycles. The number of thiophene rings is 1. The van der Waals surface area contributed by atoms with Gasteiger partial charge in [-0.1, -0.05) is 48.9 Å². The molecule has 3 aromatic rings. The molecule has 4 heteroatoms. The molecule has 0 N–H and O–H groups in total. The molecule has 2 aromatic heterocycles. The summed E-state index contributed by atoms with van der Waals surface area (Å²) in [6, 6.07) is 16.0. The first-order valence-corrected chi connectivity index (χ1v) is 7.65. The van der Waals surface area contributed by atoms with Gasteiger partial charge in [0.15, 0.2) is 5.82 Å². The monoisotopic (exact) mass is 300 g/mol. The zero-order valence-electron chi connectivity index (χ0n) is 11.0. The van der Waals surface area contributed by atoms with Crippen LogP contribution in [0.15, 0.2) is 48.5 Å². The van der Waals surface area contributed by atoms with Crippen LogP contribution in [0.1, 0.15) is 11.8 Å². The normalized spacial score (nSPS) is 10.7. The number of hydrogen-bond acceptors (Lipinski definition) is 3. The van der Waals surface area contributed by atoms with Gasteiger partial charge in [-0.25, -0.2) is 9.97 Å². The quantitative estimate of drug-likeness (QED) is 0.630. The smallest absolute Gasteiger partial charge is 0.171 e. The Bertz CT molecular complexity index is 722. The largest absolute Gasteiger partial charge is 0.227 e. The number of benzene rings is 1. The Hall–Kier alpha value is -1.71. The van der Waals surface area contributed by atoms with E-state index in [1.807, 2.05) is 30.3 Å². The molecule has 2 nitrogen and oxygen atoms in total. The predicted octanol–water partition coefficient (Wildman–Crippen LogP) is 5.09. The van der Waals surface area contributed by atoms with Crippen LogP contribution in [-0.2, 0) is 6.42 Å². The Morgan fingerprint density at radius 2 is 1.85 bits per heavy atom. The van der Waals surface area contributed by atoms with Gasteiger partial charge in [0.05, 0.1) is 10.6 Å². The first kappa shape index (κ1) is 13.3. The number of halogens is 1. The van der Waals surface area contributed by atoms with Gasteiger partial charge in [0.25, 0.3) is 0 Å². The third kappa shape index (κ3) is 2.74. The Morgan fingerprint density at radius 1 is 1.05 bits per heavy atom. The van der Waals surface area contributed by atoms with Crippen molar-refractivity contribution in [3.05, 3.63) is 58.6 Å². The van der Waals surface area contributed by atoms with Crippen molar-refractivity contribution in [1.82, 2.24) is 9.97 Å². The lowest BCUT2D eigenvalue weighted by Gasteiger charge is -2.04. The lowest BCUT2D eigenvalue weighted by molar-refractivity contribution is 1.19. The molecule has 0 saturated heterocycles. The fourth-order valence-corrected chi connectivity index (χ4v) is 3.04. The van der Waals surface area contributed by atoms with E-state index in [2.05, 4.69) is 29.0 Å². The summed E-state index contributed by atoms with van der Waals surface area (Å²) in [7, 11) is 0. The molecule has 100 valence electrons. The number of hydrogen-bond donors (Lipinski definition) is 0. The summed E-state index contributed by atoms with van der Waals surface area (Å²) in [5.41, 5.74) is 1.90. The van der Waals surface area contributed by atoms with Crippen LogP contribution in [0.4, 0.5) is 0 Å². The number of aromatic nitrogens is 2. The summed E-state index contributed by atoms with van der Waals surface area (Å²) in [5.74, 6) is 0.695. The number of rotatable bonds is 3. The summed E-state index contributed by atoms with van der Waals surface area (Å²) < 4.78 is 0. The summed E-state index contributed by atoms with van der Waals surface area (Å²) in [5, 5.41) is 0.473. The van der Waals surface area contributed by atoms with E-state index in [-0.39, 0.29) is 0 Å². The molecule has 2 heterocycles. The summed E-state index contributed by atoms with van der Waals surface area (Å²) in [6.07, 6.45) is 1.02. The second kappa shape index (κ2) is 5.73. The lowest BCUT2D eigenvalue weighted by atomic mass is 10.1. The first-order valence-electron chi connectivity index (χ1n) is 6.45. The van der Waals surface area contributed by atoms with Gasteiger partial charge in [0.2, 0.25) is 0 Å². The van der Waals surface area contributed by atoms with Crippen molar-refractivity contribution in [3.8, 4) is 22.0 Å². The minimum absolute atomic E-state index is 0.473. The van der Waals surface area contributed by atoms with E-state index in [4.69, 9.17) is 11.6 Å². The minimum atomic E-state index is 0.473. The van der Waals surface area contributed by atoms with E-state index in [0.717, 1.165) is 22.6 Å². The molecular formula is C16H13ClN2S. The summed E-state index contributed by atoms with van der Waals surface area (Å²) in [4.78, 5) is 11.4. The third-order valence-corrected chi connectivity index (χ3v) is 4.41. The van der Waals surface area contributed by atoms with E-state index < -0.39 is 0 Å². The Balaban J connectivity index is 2.07. The van der Waals surface area contributed by atoms with Crippen molar-refractivity contribution in [2.75, 3.05) is 0 Å². The predicted molar refractivity (Wildman–Crippen MR) is 85.2 cm³/mol. The zero-order chi connectivity index (χ0) is 13.9. The molecule has 3 rings (SSSR count). The first-order chi connectivity index (χ1) is 9.76. The maximum atomic E-state index is 6.14. The molecule has 0 bridgehead atoms. The van der Waals surface area contributed by atoms with Gasteiger partial charge in [-0.15, -0.1) is 11.3 Å². The van der Waals surface area contributed by atoms with E-state index in [0.29, 0.717) is 11.0 Å². The molecule has 0 unspecified atom stereocenters. The highest BCUT2D eigenvalue weighted by Gasteiger charge is 2.09. The van der Waals surface area contributed by atoms with Gasteiger partial charge in [0, 0.05) is 16.5 Å². The van der Waals surface area contributed by atoms with Gasteiger partial charge in [-0.3, -0.25) is 0 Å². The molecule has 1 aromatic carbocycles. The highest BCUT2D eigenvalue weighted by Crippen LogP contribution is 2.29. The maximum absolute atomic E-state index is 6.14. The lowest BCUT2D eigenvalue weighted by Crippen LogP contribution is -1.91. The van der Waals surface area contributed by atoms with Crippen LogP contribution in [0.3, 0.4) is 0 Å². The summed E-state index contributed by atoms with van der Waals surface area (Å²) >= 11 is 7.86. The van der Waals surface area contributed by atoms with E-state index >= 15 is 0 Å². The third-order valence-electron chi connectivity index (χ3n) is 2.99. The molecular weight excluding hydrogens is 288 g/mol. The topological polar surface area (TPSA) is 25.8 Å². The molecule has 0 atom stereocenters. The number of aryl methyl sites for hydroxylation is 1. The van der Waals surface area contributed by atoms with Crippen molar-refractivity contribution >= 4 is 22.9 Å². The molecule has 0 aliphatic carbocycles. The Kier molecular flexibility index (Phi) is 3.81. The van der Waals surface area contributed by atoms with E-state index in [9.17, 15) is 0 Å². The summed E-state index contributed by atoms with van der Waals surface area (Å²) in [6.45, 7) is 2.14. The molecule has 0 radical (unpaired) electrons. The van der Waals surface area contributed by atoms with Gasteiger partial charge < -0.3 is 0 Å². The minimum Gasteiger partial charge on any atom is -0.227 e. The fraction of sp³-hybridized carbons (Fsp3) is 0.125. The molecule has 0 fully saturated rings. The highest BCUT2D eigenvalue weighted by atomic mass is 35.5. The second-order valence-electron chi connectivity index (χ2n) is 4.39. The second-order valence-corrected chi connectivity index (χ2v) is 5.94. The van der Waals surface area contributed by atoms with Gasteiger partial charge in [-0.05, 0) is 18.6 Å². The zero-order valence-corrected chi connectivity index (χ0v) is 12.6. The Morgan fingerprint density at radius 3 is 2.55 bits per heavy atom. The Labute approximate surface area is 127 Å². The van der Waals surface area contributed by atoms with Crippen LogP contribution in [0.5, 0.6) is 0 Å². The average Bonchev–Trinajstić information content (AvgIpc) is 2.96. The van der Waals surface area contributed by atoms with Gasteiger partial charge in [-0.2, -0.15) is 0 Å². The molecule has 20 heavy (non-hydrogen) atoms. The van der Waals surface area contributed by atoms with Gasteiger partial charge >= 0.3 is 0 Å². The standard InChI is InChI=1S/C16H13ClN2S/c1-2-12-8-9-14(20-12)16-18-13(10-15(17)19-16)11-6-4-3-5-7-11/h3-10H,2H2,1H3. The molecule has 0 amide bonds. The SMILES string of the molecule is CCc1ccc(-c2nc(Cl)cc(-c3ccccc3)n2)s1. The van der Waals surface area contributed by atoms with Crippen LogP contribution >= 0.6 is 22.9 Å². The van der Waals surface area contributed by atoms with Crippen molar-refractivity contribution in [2.24, 2.45) is 0 Å². The van der Waals surface area contributed by atoms with Crippen LogP contribution in [-0.4, -0.2) is 9.97 Å². The van der Waals surface area contributed by atoms with Crippen molar-refractivity contribution in [2.45, 2.75) is 13.3 Å². The van der Waals surface area contributed by atoms with Crippen molar-refractivity contribution in [1.29, 1.82) is 0 Å². The molecule has 0 saturated carbocycles.